The summed E-state index contributed by atoms with van der Waals surface area (Å²) in [5.74, 6) is 0.343. The van der Waals surface area contributed by atoms with Crippen LogP contribution in [0.25, 0.3) is 10.7 Å². The lowest BCUT2D eigenvalue weighted by Crippen LogP contribution is -2.37. The maximum Gasteiger partial charge on any atom is 0.233 e. The van der Waals surface area contributed by atoms with Gasteiger partial charge < -0.3 is 15.6 Å². The minimum absolute atomic E-state index is 0.0176. The molecule has 1 aliphatic carbocycles. The van der Waals surface area contributed by atoms with Gasteiger partial charge in [-0.1, -0.05) is 30.7 Å². The molecule has 0 radical (unpaired) electrons. The van der Waals surface area contributed by atoms with Crippen molar-refractivity contribution in [3.63, 3.8) is 0 Å². The normalized spacial score (nSPS) is 15.9. The summed E-state index contributed by atoms with van der Waals surface area (Å²) in [6.07, 6.45) is 4.67. The summed E-state index contributed by atoms with van der Waals surface area (Å²) < 4.78 is 1.88. The SMILES string of the molecule is CC(Sc1nnc(-c2cccs2)n1CCC(N)=O)C(=O)NC1CCCC1. The summed E-state index contributed by atoms with van der Waals surface area (Å²) in [5.41, 5.74) is 5.31. The van der Waals surface area contributed by atoms with Gasteiger partial charge in [-0.15, -0.1) is 21.5 Å². The number of nitrogens with one attached hydrogen (secondary N) is 1. The molecular weight excluding hydrogens is 370 g/mol. The van der Waals surface area contributed by atoms with Gasteiger partial charge in [0.25, 0.3) is 0 Å². The zero-order valence-electron chi connectivity index (χ0n) is 14.7. The second kappa shape index (κ2) is 8.68. The first kappa shape index (κ1) is 18.9. The number of amides is 2. The summed E-state index contributed by atoms with van der Waals surface area (Å²) in [6.45, 7) is 2.27. The minimum atomic E-state index is -0.376. The quantitative estimate of drug-likeness (QED) is 0.671. The molecule has 2 heterocycles. The molecule has 9 heteroatoms. The van der Waals surface area contributed by atoms with Crippen molar-refractivity contribution < 1.29 is 9.59 Å². The van der Waals surface area contributed by atoms with E-state index in [1.54, 1.807) is 11.3 Å². The van der Waals surface area contributed by atoms with E-state index in [1.165, 1.54) is 24.6 Å². The Balaban J connectivity index is 1.73. The predicted octanol–water partition coefficient (Wildman–Crippen LogP) is 2.42. The Morgan fingerprint density at radius 1 is 1.42 bits per heavy atom. The lowest BCUT2D eigenvalue weighted by Gasteiger charge is -2.16. The third kappa shape index (κ3) is 4.64. The maximum absolute atomic E-state index is 12.5. The molecule has 0 aromatic carbocycles. The molecule has 0 saturated heterocycles. The van der Waals surface area contributed by atoms with Gasteiger partial charge >= 0.3 is 0 Å². The first-order valence-electron chi connectivity index (χ1n) is 8.77. The number of nitrogens with zero attached hydrogens (tertiary/aromatic N) is 3. The van der Waals surface area contributed by atoms with Crippen LogP contribution in [0.4, 0.5) is 0 Å². The van der Waals surface area contributed by atoms with Crippen LogP contribution in [0.1, 0.15) is 39.0 Å². The van der Waals surface area contributed by atoms with Gasteiger partial charge in [0.1, 0.15) is 0 Å². The highest BCUT2D eigenvalue weighted by molar-refractivity contribution is 8.00. The number of aromatic nitrogens is 3. The van der Waals surface area contributed by atoms with E-state index < -0.39 is 0 Å². The Hall–Kier alpha value is -1.87. The summed E-state index contributed by atoms with van der Waals surface area (Å²) in [6, 6.07) is 4.19. The molecule has 1 saturated carbocycles. The van der Waals surface area contributed by atoms with Crippen LogP contribution >= 0.6 is 23.1 Å². The second-order valence-corrected chi connectivity index (χ2v) is 8.66. The molecule has 0 spiro atoms. The van der Waals surface area contributed by atoms with Crippen molar-refractivity contribution >= 4 is 34.9 Å². The van der Waals surface area contributed by atoms with E-state index in [-0.39, 0.29) is 23.5 Å². The minimum Gasteiger partial charge on any atom is -0.370 e. The van der Waals surface area contributed by atoms with Gasteiger partial charge in [-0.2, -0.15) is 0 Å². The Morgan fingerprint density at radius 2 is 2.19 bits per heavy atom. The van der Waals surface area contributed by atoms with Gasteiger partial charge in [-0.25, -0.2) is 0 Å². The molecule has 2 amide bonds. The van der Waals surface area contributed by atoms with Crippen LogP contribution in [0.2, 0.25) is 0 Å². The summed E-state index contributed by atoms with van der Waals surface area (Å²) in [7, 11) is 0. The first-order valence-corrected chi connectivity index (χ1v) is 10.5. The van der Waals surface area contributed by atoms with Gasteiger partial charge in [0, 0.05) is 19.0 Å². The number of thiophene rings is 1. The molecule has 1 aliphatic rings. The molecule has 3 rings (SSSR count). The number of hydrogen-bond donors (Lipinski definition) is 2. The van der Waals surface area contributed by atoms with Crippen molar-refractivity contribution in [1.82, 2.24) is 20.1 Å². The molecule has 2 aromatic rings. The molecule has 3 N–H and O–H groups in total. The highest BCUT2D eigenvalue weighted by Gasteiger charge is 2.24. The zero-order chi connectivity index (χ0) is 18.5. The van der Waals surface area contributed by atoms with Crippen LogP contribution < -0.4 is 11.1 Å². The topological polar surface area (TPSA) is 103 Å². The van der Waals surface area contributed by atoms with Crippen LogP contribution in [-0.2, 0) is 16.1 Å². The van der Waals surface area contributed by atoms with Gasteiger partial charge in [-0.3, -0.25) is 9.59 Å². The first-order chi connectivity index (χ1) is 12.5. The van der Waals surface area contributed by atoms with Crippen LogP contribution in [-0.4, -0.2) is 37.9 Å². The number of thioether (sulfide) groups is 1. The van der Waals surface area contributed by atoms with Crippen LogP contribution in [0.5, 0.6) is 0 Å². The fraction of sp³-hybridized carbons (Fsp3) is 0.529. The molecule has 1 fully saturated rings. The number of rotatable bonds is 8. The lowest BCUT2D eigenvalue weighted by atomic mass is 10.2. The van der Waals surface area contributed by atoms with E-state index in [2.05, 4.69) is 15.5 Å². The number of nitrogens with two attached hydrogens (primary N) is 1. The number of hydrogen-bond acceptors (Lipinski definition) is 6. The van der Waals surface area contributed by atoms with E-state index in [4.69, 9.17) is 5.73 Å². The van der Waals surface area contributed by atoms with E-state index in [1.807, 2.05) is 29.0 Å². The average Bonchev–Trinajstić information content (AvgIpc) is 3.34. The molecule has 26 heavy (non-hydrogen) atoms. The Bertz CT molecular complexity index is 753. The molecule has 1 atom stereocenters. The van der Waals surface area contributed by atoms with Crippen molar-refractivity contribution in [2.75, 3.05) is 0 Å². The standard InChI is InChI=1S/C17H23N5O2S2/c1-11(16(24)19-12-5-2-3-6-12)26-17-21-20-15(13-7-4-10-25-13)22(17)9-8-14(18)23/h4,7,10-12H,2-3,5-6,8-9H2,1H3,(H2,18,23)(H,19,24). The molecule has 140 valence electrons. The van der Waals surface area contributed by atoms with Gasteiger partial charge in [0.2, 0.25) is 11.8 Å². The lowest BCUT2D eigenvalue weighted by molar-refractivity contribution is -0.121. The number of primary amides is 1. The largest absolute Gasteiger partial charge is 0.370 e. The van der Waals surface area contributed by atoms with Crippen molar-refractivity contribution in [1.29, 1.82) is 0 Å². The molecule has 1 unspecified atom stereocenters. The maximum atomic E-state index is 12.5. The average molecular weight is 394 g/mol. The Labute approximate surface area is 160 Å². The predicted molar refractivity (Wildman–Crippen MR) is 103 cm³/mol. The van der Waals surface area contributed by atoms with Gasteiger partial charge in [-0.05, 0) is 31.2 Å². The van der Waals surface area contributed by atoms with Gasteiger partial charge in [0.05, 0.1) is 10.1 Å². The van der Waals surface area contributed by atoms with Gasteiger partial charge in [0.15, 0.2) is 11.0 Å². The zero-order valence-corrected chi connectivity index (χ0v) is 16.3. The summed E-state index contributed by atoms with van der Waals surface area (Å²) in [4.78, 5) is 24.7. The smallest absolute Gasteiger partial charge is 0.233 e. The van der Waals surface area contributed by atoms with E-state index in [0.717, 1.165) is 17.7 Å². The monoisotopic (exact) mass is 393 g/mol. The molecule has 0 bridgehead atoms. The molecular formula is C17H23N5O2S2. The third-order valence-electron chi connectivity index (χ3n) is 4.39. The third-order valence-corrected chi connectivity index (χ3v) is 6.34. The molecule has 7 nitrogen and oxygen atoms in total. The van der Waals surface area contributed by atoms with Crippen LogP contribution in [0.15, 0.2) is 22.7 Å². The van der Waals surface area contributed by atoms with E-state index >= 15 is 0 Å². The summed E-state index contributed by atoms with van der Waals surface area (Å²) >= 11 is 2.92. The summed E-state index contributed by atoms with van der Waals surface area (Å²) in [5, 5.41) is 13.9. The Kier molecular flexibility index (Phi) is 6.31. The fourth-order valence-electron chi connectivity index (χ4n) is 2.99. The van der Waals surface area contributed by atoms with Crippen molar-refractivity contribution in [2.24, 2.45) is 5.73 Å². The van der Waals surface area contributed by atoms with E-state index in [0.29, 0.717) is 23.6 Å². The van der Waals surface area contributed by atoms with E-state index in [9.17, 15) is 9.59 Å². The Morgan fingerprint density at radius 3 is 2.85 bits per heavy atom. The van der Waals surface area contributed by atoms with Crippen LogP contribution in [0.3, 0.4) is 0 Å². The number of carbonyl (C=O) groups excluding carboxylic acids is 2. The number of carbonyl (C=O) groups is 2. The van der Waals surface area contributed by atoms with Crippen molar-refractivity contribution in [3.05, 3.63) is 17.5 Å². The highest BCUT2D eigenvalue weighted by Crippen LogP contribution is 2.29. The molecule has 2 aromatic heterocycles. The van der Waals surface area contributed by atoms with Crippen molar-refractivity contribution in [3.8, 4) is 10.7 Å². The molecule has 0 aliphatic heterocycles. The fourth-order valence-corrected chi connectivity index (χ4v) is 4.59. The second-order valence-electron chi connectivity index (χ2n) is 6.40. The van der Waals surface area contributed by atoms with Crippen molar-refractivity contribution in [2.45, 2.75) is 62.0 Å². The highest BCUT2D eigenvalue weighted by atomic mass is 32.2. The van der Waals surface area contributed by atoms with Crippen LogP contribution in [0, 0.1) is 0 Å².